The molecule has 0 N–H and O–H groups in total. The molecule has 0 amide bonds. The maximum Gasteiger partial charge on any atom is 0.116 e. The van der Waals surface area contributed by atoms with Crippen molar-refractivity contribution >= 4 is 27.7 Å². The molecule has 0 aliphatic heterocycles. The molecule has 0 saturated heterocycles. The molecule has 0 spiro atoms. The number of rotatable bonds is 6. The molecular formula is C10H15BrN2S. The van der Waals surface area contributed by atoms with E-state index in [-0.39, 0.29) is 0 Å². The Labute approximate surface area is 98.1 Å². The number of hydrogen-bond donors (Lipinski definition) is 0. The summed E-state index contributed by atoms with van der Waals surface area (Å²) in [5.41, 5.74) is 0. The molecule has 0 aliphatic carbocycles. The Morgan fingerprint density at radius 1 is 1.50 bits per heavy atom. The lowest BCUT2D eigenvalue weighted by atomic mass is 10.1. The topological polar surface area (TPSA) is 25.8 Å². The van der Waals surface area contributed by atoms with E-state index in [4.69, 9.17) is 0 Å². The lowest BCUT2D eigenvalue weighted by Gasteiger charge is -2.07. The van der Waals surface area contributed by atoms with Crippen molar-refractivity contribution in [1.82, 2.24) is 9.97 Å². The zero-order valence-electron chi connectivity index (χ0n) is 8.32. The summed E-state index contributed by atoms with van der Waals surface area (Å²) in [5, 5.41) is 2.18. The van der Waals surface area contributed by atoms with Gasteiger partial charge < -0.3 is 0 Å². The number of halogens is 1. The van der Waals surface area contributed by atoms with Gasteiger partial charge in [0, 0.05) is 11.5 Å². The van der Waals surface area contributed by atoms with Gasteiger partial charge in [0.2, 0.25) is 0 Å². The number of alkyl halides is 1. The highest BCUT2D eigenvalue weighted by Gasteiger charge is 2.01. The van der Waals surface area contributed by atoms with Crippen LogP contribution in [0.15, 0.2) is 23.6 Å². The minimum atomic E-state index is 0.795. The van der Waals surface area contributed by atoms with Crippen LogP contribution in [0.5, 0.6) is 0 Å². The van der Waals surface area contributed by atoms with Crippen LogP contribution in [0, 0.1) is 5.92 Å². The second kappa shape index (κ2) is 7.23. The van der Waals surface area contributed by atoms with Crippen LogP contribution in [0.2, 0.25) is 0 Å². The molecule has 1 atom stereocenters. The lowest BCUT2D eigenvalue weighted by molar-refractivity contribution is 0.555. The number of nitrogens with zero attached hydrogens (tertiary/aromatic N) is 2. The summed E-state index contributed by atoms with van der Waals surface area (Å²) in [6, 6.07) is 1.96. The lowest BCUT2D eigenvalue weighted by Crippen LogP contribution is -1.97. The highest BCUT2D eigenvalue weighted by atomic mass is 79.9. The maximum atomic E-state index is 4.16. The van der Waals surface area contributed by atoms with Crippen LogP contribution in [0.1, 0.15) is 19.8 Å². The second-order valence-electron chi connectivity index (χ2n) is 3.27. The molecular weight excluding hydrogens is 260 g/mol. The summed E-state index contributed by atoms with van der Waals surface area (Å²) in [6.07, 6.45) is 5.89. The van der Waals surface area contributed by atoms with Crippen LogP contribution in [0.4, 0.5) is 0 Å². The highest BCUT2D eigenvalue weighted by Crippen LogP contribution is 2.18. The van der Waals surface area contributed by atoms with E-state index in [9.17, 15) is 0 Å². The molecule has 78 valence electrons. The standard InChI is InChI=1S/C10H15BrN2S/c1-9(2-5-11)4-7-14-10-3-6-12-8-13-10/h3,6,8-9H,2,4-5,7H2,1H3. The first kappa shape index (κ1) is 12.0. The van der Waals surface area contributed by atoms with Crippen molar-refractivity contribution in [3.63, 3.8) is 0 Å². The molecule has 0 bridgehead atoms. The Hall–Kier alpha value is -0.0900. The van der Waals surface area contributed by atoms with E-state index >= 15 is 0 Å². The molecule has 0 aliphatic rings. The Morgan fingerprint density at radius 2 is 2.36 bits per heavy atom. The van der Waals surface area contributed by atoms with Gasteiger partial charge in [-0.25, -0.2) is 9.97 Å². The van der Waals surface area contributed by atoms with Crippen molar-refractivity contribution in [2.24, 2.45) is 5.92 Å². The Morgan fingerprint density at radius 3 is 3.00 bits per heavy atom. The number of aromatic nitrogens is 2. The summed E-state index contributed by atoms with van der Waals surface area (Å²) in [5.74, 6) is 1.94. The van der Waals surface area contributed by atoms with Crippen LogP contribution in [0.3, 0.4) is 0 Å². The van der Waals surface area contributed by atoms with E-state index < -0.39 is 0 Å². The van der Waals surface area contributed by atoms with Gasteiger partial charge in [-0.1, -0.05) is 22.9 Å². The van der Waals surface area contributed by atoms with E-state index in [0.29, 0.717) is 0 Å². The molecule has 1 rings (SSSR count). The van der Waals surface area contributed by atoms with Crippen LogP contribution in [-0.2, 0) is 0 Å². The van der Waals surface area contributed by atoms with Crippen molar-refractivity contribution in [2.45, 2.75) is 24.8 Å². The van der Waals surface area contributed by atoms with Crippen molar-refractivity contribution in [3.8, 4) is 0 Å². The van der Waals surface area contributed by atoms with Gasteiger partial charge in [0.15, 0.2) is 0 Å². The molecule has 1 aromatic rings. The van der Waals surface area contributed by atoms with Crippen molar-refractivity contribution in [1.29, 1.82) is 0 Å². The first-order chi connectivity index (χ1) is 6.83. The third-order valence-electron chi connectivity index (χ3n) is 2.02. The predicted octanol–water partition coefficient (Wildman–Crippen LogP) is 3.38. The van der Waals surface area contributed by atoms with Gasteiger partial charge in [-0.15, -0.1) is 11.8 Å². The Kier molecular flexibility index (Phi) is 6.19. The van der Waals surface area contributed by atoms with Crippen molar-refractivity contribution < 1.29 is 0 Å². The molecule has 4 heteroatoms. The van der Waals surface area contributed by atoms with Crippen LogP contribution in [-0.4, -0.2) is 21.1 Å². The normalized spacial score (nSPS) is 12.7. The van der Waals surface area contributed by atoms with Gasteiger partial charge >= 0.3 is 0 Å². The fourth-order valence-electron chi connectivity index (χ4n) is 1.06. The Balaban J connectivity index is 2.16. The van der Waals surface area contributed by atoms with Crippen molar-refractivity contribution in [3.05, 3.63) is 18.6 Å². The molecule has 0 aromatic carbocycles. The summed E-state index contributed by atoms with van der Waals surface area (Å²) in [4.78, 5) is 8.05. The molecule has 14 heavy (non-hydrogen) atoms. The van der Waals surface area contributed by atoms with Gasteiger partial charge in [0.05, 0.1) is 5.03 Å². The minimum absolute atomic E-state index is 0.795. The third kappa shape index (κ3) is 4.96. The van der Waals surface area contributed by atoms with E-state index in [0.717, 1.165) is 22.0 Å². The van der Waals surface area contributed by atoms with E-state index in [1.54, 1.807) is 12.5 Å². The average Bonchev–Trinajstić information content (AvgIpc) is 2.20. The van der Waals surface area contributed by atoms with Crippen LogP contribution >= 0.6 is 27.7 Å². The summed E-state index contributed by atoms with van der Waals surface area (Å²) in [7, 11) is 0. The Bertz CT molecular complexity index is 243. The summed E-state index contributed by atoms with van der Waals surface area (Å²) < 4.78 is 0. The smallest absolute Gasteiger partial charge is 0.116 e. The van der Waals surface area contributed by atoms with Crippen molar-refractivity contribution in [2.75, 3.05) is 11.1 Å². The fraction of sp³-hybridized carbons (Fsp3) is 0.600. The van der Waals surface area contributed by atoms with Crippen LogP contribution < -0.4 is 0 Å². The fourth-order valence-corrected chi connectivity index (χ4v) is 2.85. The van der Waals surface area contributed by atoms with Gasteiger partial charge in [-0.3, -0.25) is 0 Å². The third-order valence-corrected chi connectivity index (χ3v) is 3.45. The molecule has 2 nitrogen and oxygen atoms in total. The number of hydrogen-bond acceptors (Lipinski definition) is 3. The first-order valence-electron chi connectivity index (χ1n) is 4.77. The minimum Gasteiger partial charge on any atom is -0.245 e. The van der Waals surface area contributed by atoms with E-state index in [2.05, 4.69) is 32.8 Å². The van der Waals surface area contributed by atoms with Gasteiger partial charge in [-0.05, 0) is 30.6 Å². The largest absolute Gasteiger partial charge is 0.245 e. The highest BCUT2D eigenvalue weighted by molar-refractivity contribution is 9.09. The first-order valence-corrected chi connectivity index (χ1v) is 6.88. The molecule has 1 heterocycles. The molecule has 1 aromatic heterocycles. The maximum absolute atomic E-state index is 4.16. The molecule has 0 fully saturated rings. The zero-order valence-corrected chi connectivity index (χ0v) is 10.7. The molecule has 0 saturated carbocycles. The van der Waals surface area contributed by atoms with E-state index in [1.807, 2.05) is 17.8 Å². The SMILES string of the molecule is CC(CCBr)CCSc1ccncn1. The summed E-state index contributed by atoms with van der Waals surface area (Å²) in [6.45, 7) is 2.29. The molecule has 1 unspecified atom stereocenters. The van der Waals surface area contributed by atoms with E-state index in [1.165, 1.54) is 12.8 Å². The average molecular weight is 275 g/mol. The quantitative estimate of drug-likeness (QED) is 0.452. The van der Waals surface area contributed by atoms with Gasteiger partial charge in [-0.2, -0.15) is 0 Å². The number of thioether (sulfide) groups is 1. The van der Waals surface area contributed by atoms with Gasteiger partial charge in [0.1, 0.15) is 6.33 Å². The summed E-state index contributed by atoms with van der Waals surface area (Å²) >= 11 is 5.27. The zero-order chi connectivity index (χ0) is 10.2. The monoisotopic (exact) mass is 274 g/mol. The van der Waals surface area contributed by atoms with Crippen LogP contribution in [0.25, 0.3) is 0 Å². The van der Waals surface area contributed by atoms with Gasteiger partial charge in [0.25, 0.3) is 0 Å². The predicted molar refractivity (Wildman–Crippen MR) is 64.9 cm³/mol. The molecule has 0 radical (unpaired) electrons. The second-order valence-corrected chi connectivity index (χ2v) is 5.18.